The van der Waals surface area contributed by atoms with Gasteiger partial charge in [-0.25, -0.2) is 4.79 Å². The summed E-state index contributed by atoms with van der Waals surface area (Å²) in [6.07, 6.45) is 6.27. The molecule has 1 heterocycles. The van der Waals surface area contributed by atoms with Crippen molar-refractivity contribution in [2.75, 3.05) is 26.2 Å². The van der Waals surface area contributed by atoms with Crippen molar-refractivity contribution in [1.82, 2.24) is 20.9 Å². The van der Waals surface area contributed by atoms with E-state index in [1.54, 1.807) is 6.08 Å². The van der Waals surface area contributed by atoms with Crippen LogP contribution in [0.5, 0.6) is 0 Å². The molecule has 6 nitrogen and oxygen atoms in total. The largest absolute Gasteiger partial charge is 0.334 e. The van der Waals surface area contributed by atoms with E-state index in [0.29, 0.717) is 25.2 Å². The van der Waals surface area contributed by atoms with Gasteiger partial charge >= 0.3 is 6.03 Å². The van der Waals surface area contributed by atoms with Crippen molar-refractivity contribution in [3.8, 4) is 0 Å². The van der Waals surface area contributed by atoms with Crippen LogP contribution in [-0.2, 0) is 4.79 Å². The molecule has 1 atom stereocenters. The Morgan fingerprint density at radius 2 is 2.15 bits per heavy atom. The summed E-state index contributed by atoms with van der Waals surface area (Å²) in [5.41, 5.74) is 0. The van der Waals surface area contributed by atoms with Crippen molar-refractivity contribution < 1.29 is 9.59 Å². The average Bonchev–Trinajstić information content (AvgIpc) is 3.14. The Balaban J connectivity index is 1.74. The number of amides is 3. The van der Waals surface area contributed by atoms with Crippen molar-refractivity contribution in [1.29, 1.82) is 0 Å². The van der Waals surface area contributed by atoms with Crippen LogP contribution in [0, 0.1) is 0 Å². The van der Waals surface area contributed by atoms with Gasteiger partial charge in [-0.15, -0.1) is 6.58 Å². The Morgan fingerprint density at radius 3 is 2.75 bits per heavy atom. The number of carbonyl (C=O) groups is 2. The lowest BCUT2D eigenvalue weighted by atomic mass is 10.2. The minimum atomic E-state index is -0.454. The summed E-state index contributed by atoms with van der Waals surface area (Å²) in [5.74, 6) is -0.239. The summed E-state index contributed by atoms with van der Waals surface area (Å²) in [4.78, 5) is 25.5. The van der Waals surface area contributed by atoms with E-state index in [9.17, 15) is 9.59 Å². The molecule has 3 N–H and O–H groups in total. The molecule has 2 rings (SSSR count). The Bertz CT molecular complexity index is 362. The standard InChI is InChI=1S/C14H24N4O2/c1-2-7-16-14(20)17-13(19)10-18(12-5-6-12)9-11-4-3-8-15-11/h2,11-12,15H,1,3-10H2,(H2,16,17,19,20). The molecule has 0 radical (unpaired) electrons. The quantitative estimate of drug-likeness (QED) is 0.583. The van der Waals surface area contributed by atoms with E-state index < -0.39 is 6.03 Å². The SMILES string of the molecule is C=CCNC(=O)NC(=O)CN(CC1CCCN1)C1CC1. The Kier molecular flexibility index (Phi) is 5.55. The van der Waals surface area contributed by atoms with E-state index in [4.69, 9.17) is 0 Å². The maximum absolute atomic E-state index is 11.9. The summed E-state index contributed by atoms with van der Waals surface area (Å²) < 4.78 is 0. The van der Waals surface area contributed by atoms with Gasteiger partial charge in [-0.3, -0.25) is 15.0 Å². The van der Waals surface area contributed by atoms with E-state index in [1.165, 1.54) is 12.8 Å². The van der Waals surface area contributed by atoms with Crippen LogP contribution in [0.2, 0.25) is 0 Å². The number of nitrogens with zero attached hydrogens (tertiary/aromatic N) is 1. The second-order valence-electron chi connectivity index (χ2n) is 5.50. The van der Waals surface area contributed by atoms with Crippen molar-refractivity contribution in [2.24, 2.45) is 0 Å². The lowest BCUT2D eigenvalue weighted by Crippen LogP contribution is -2.47. The maximum atomic E-state index is 11.9. The Hall–Kier alpha value is -1.40. The highest BCUT2D eigenvalue weighted by atomic mass is 16.2. The summed E-state index contributed by atoms with van der Waals surface area (Å²) in [6, 6.07) is 0.544. The van der Waals surface area contributed by atoms with E-state index >= 15 is 0 Å². The third-order valence-electron chi connectivity index (χ3n) is 3.69. The van der Waals surface area contributed by atoms with Crippen molar-refractivity contribution in [3.05, 3.63) is 12.7 Å². The zero-order chi connectivity index (χ0) is 14.4. The van der Waals surface area contributed by atoms with Gasteiger partial charge in [0.05, 0.1) is 6.54 Å². The highest BCUT2D eigenvalue weighted by Gasteiger charge is 2.32. The zero-order valence-electron chi connectivity index (χ0n) is 11.9. The third-order valence-corrected chi connectivity index (χ3v) is 3.69. The first-order valence-corrected chi connectivity index (χ1v) is 7.35. The average molecular weight is 280 g/mol. The van der Waals surface area contributed by atoms with Gasteiger partial charge in [-0.2, -0.15) is 0 Å². The van der Waals surface area contributed by atoms with Crippen LogP contribution < -0.4 is 16.0 Å². The number of nitrogens with one attached hydrogen (secondary N) is 3. The Labute approximate surface area is 120 Å². The van der Waals surface area contributed by atoms with Crippen LogP contribution in [0.15, 0.2) is 12.7 Å². The highest BCUT2D eigenvalue weighted by Crippen LogP contribution is 2.27. The number of hydrogen-bond donors (Lipinski definition) is 3. The molecule has 2 fully saturated rings. The Morgan fingerprint density at radius 1 is 1.35 bits per heavy atom. The van der Waals surface area contributed by atoms with Crippen LogP contribution in [0.3, 0.4) is 0 Å². The molecule has 0 aromatic heterocycles. The van der Waals surface area contributed by atoms with Crippen LogP contribution in [0.25, 0.3) is 0 Å². The predicted molar refractivity (Wildman–Crippen MR) is 77.4 cm³/mol. The van der Waals surface area contributed by atoms with Gasteiger partial charge in [0.1, 0.15) is 0 Å². The van der Waals surface area contributed by atoms with Gasteiger partial charge in [-0.05, 0) is 32.2 Å². The van der Waals surface area contributed by atoms with E-state index in [0.717, 1.165) is 25.9 Å². The molecular formula is C14H24N4O2. The molecule has 6 heteroatoms. The normalized spacial score (nSPS) is 21.8. The van der Waals surface area contributed by atoms with E-state index in [-0.39, 0.29) is 5.91 Å². The molecule has 1 saturated heterocycles. The first-order chi connectivity index (χ1) is 9.69. The van der Waals surface area contributed by atoms with Gasteiger partial charge in [0.25, 0.3) is 0 Å². The first-order valence-electron chi connectivity index (χ1n) is 7.35. The first kappa shape index (κ1) is 15.0. The summed E-state index contributed by atoms with van der Waals surface area (Å²) in [7, 11) is 0. The number of imide groups is 1. The molecule has 0 spiro atoms. The molecule has 0 aromatic carbocycles. The summed E-state index contributed by atoms with van der Waals surface area (Å²) in [5, 5.41) is 8.34. The molecule has 0 bridgehead atoms. The van der Waals surface area contributed by atoms with Crippen LogP contribution in [0.4, 0.5) is 4.79 Å². The fourth-order valence-electron chi connectivity index (χ4n) is 2.54. The third kappa shape index (κ3) is 4.94. The number of urea groups is 1. The van der Waals surface area contributed by atoms with Crippen molar-refractivity contribution >= 4 is 11.9 Å². The second-order valence-corrected chi connectivity index (χ2v) is 5.50. The zero-order valence-corrected chi connectivity index (χ0v) is 11.9. The topological polar surface area (TPSA) is 73.5 Å². The highest BCUT2D eigenvalue weighted by molar-refractivity contribution is 5.95. The lowest BCUT2D eigenvalue weighted by molar-refractivity contribution is -0.121. The molecule has 2 aliphatic rings. The molecule has 3 amide bonds. The number of hydrogen-bond acceptors (Lipinski definition) is 4. The van der Waals surface area contributed by atoms with Crippen LogP contribution >= 0.6 is 0 Å². The van der Waals surface area contributed by atoms with Gasteiger partial charge in [0, 0.05) is 25.2 Å². The lowest BCUT2D eigenvalue weighted by Gasteiger charge is -2.24. The molecule has 112 valence electrons. The molecule has 20 heavy (non-hydrogen) atoms. The fraction of sp³-hybridized carbons (Fsp3) is 0.714. The number of carbonyl (C=O) groups excluding carboxylic acids is 2. The van der Waals surface area contributed by atoms with E-state index in [2.05, 4.69) is 27.4 Å². The second kappa shape index (κ2) is 7.40. The molecule has 1 aliphatic heterocycles. The minimum absolute atomic E-state index is 0.239. The van der Waals surface area contributed by atoms with Crippen molar-refractivity contribution in [3.63, 3.8) is 0 Å². The molecular weight excluding hydrogens is 256 g/mol. The maximum Gasteiger partial charge on any atom is 0.321 e. The minimum Gasteiger partial charge on any atom is -0.334 e. The van der Waals surface area contributed by atoms with Gasteiger partial charge < -0.3 is 10.6 Å². The smallest absolute Gasteiger partial charge is 0.321 e. The van der Waals surface area contributed by atoms with E-state index in [1.807, 2.05) is 0 Å². The van der Waals surface area contributed by atoms with Crippen LogP contribution in [-0.4, -0.2) is 55.1 Å². The summed E-state index contributed by atoms with van der Waals surface area (Å²) >= 11 is 0. The predicted octanol–water partition coefficient (Wildman–Crippen LogP) is 0.215. The molecule has 0 aromatic rings. The molecule has 1 unspecified atom stereocenters. The van der Waals surface area contributed by atoms with Gasteiger partial charge in [0.2, 0.25) is 5.91 Å². The fourth-order valence-corrected chi connectivity index (χ4v) is 2.54. The monoisotopic (exact) mass is 280 g/mol. The molecule has 1 saturated carbocycles. The van der Waals surface area contributed by atoms with Gasteiger partial charge in [-0.1, -0.05) is 6.08 Å². The van der Waals surface area contributed by atoms with Crippen molar-refractivity contribution in [2.45, 2.75) is 37.8 Å². The summed E-state index contributed by atoms with van der Waals surface area (Å²) in [6.45, 7) is 6.12. The van der Waals surface area contributed by atoms with Crippen LogP contribution in [0.1, 0.15) is 25.7 Å². The van der Waals surface area contributed by atoms with Gasteiger partial charge in [0.15, 0.2) is 0 Å². The number of rotatable bonds is 7. The molecule has 1 aliphatic carbocycles.